The second kappa shape index (κ2) is 11.4. The van der Waals surface area contributed by atoms with Crippen LogP contribution in [0.15, 0.2) is 29.3 Å². The number of rotatable bonds is 6. The minimum Gasteiger partial charge on any atom is -0.442 e. The second-order valence-electron chi connectivity index (χ2n) is 9.57. The van der Waals surface area contributed by atoms with Crippen molar-refractivity contribution in [2.75, 3.05) is 36.0 Å². The molecule has 2 N–H and O–H groups in total. The van der Waals surface area contributed by atoms with Gasteiger partial charge in [0.25, 0.3) is 5.91 Å². The standard InChI is InChI=1S/C26H32FN5O4/c1-17(33)29-15-21-16-32(26(35)36-21)20-7-8-24(23(27)13-20)31-11-9-18(10-12-31)22(14-28)25(34)30-19-5-3-2-4-6-19/h7-8,13,19,21H,2-6,9-12,15-16H2,1H3,(H,29,33)(H,30,34)/t21-/m0/s1. The summed E-state index contributed by atoms with van der Waals surface area (Å²) in [5, 5.41) is 15.3. The third kappa shape index (κ3) is 5.96. The van der Waals surface area contributed by atoms with Gasteiger partial charge in [0.2, 0.25) is 5.91 Å². The Balaban J connectivity index is 1.37. The van der Waals surface area contributed by atoms with Gasteiger partial charge < -0.3 is 20.3 Å². The number of ether oxygens (including phenoxy) is 1. The van der Waals surface area contributed by atoms with E-state index in [-0.39, 0.29) is 36.5 Å². The molecule has 3 amide bonds. The van der Waals surface area contributed by atoms with E-state index >= 15 is 4.39 Å². The van der Waals surface area contributed by atoms with Crippen LogP contribution in [0.3, 0.4) is 0 Å². The maximum Gasteiger partial charge on any atom is 0.414 e. The average molecular weight is 498 g/mol. The normalized spacial score (nSPS) is 20.5. The van der Waals surface area contributed by atoms with E-state index in [4.69, 9.17) is 4.74 Å². The fraction of sp³-hybridized carbons (Fsp3) is 0.538. The molecular weight excluding hydrogens is 465 g/mol. The molecule has 1 saturated carbocycles. The Bertz CT molecular complexity index is 1080. The number of carbonyl (C=O) groups excluding carboxylic acids is 3. The van der Waals surface area contributed by atoms with E-state index in [0.29, 0.717) is 37.3 Å². The Labute approximate surface area is 210 Å². The fourth-order valence-corrected chi connectivity index (χ4v) is 5.08. The summed E-state index contributed by atoms with van der Waals surface area (Å²) in [6.07, 6.45) is 5.21. The smallest absolute Gasteiger partial charge is 0.414 e. The van der Waals surface area contributed by atoms with Gasteiger partial charge in [-0.1, -0.05) is 19.3 Å². The van der Waals surface area contributed by atoms with Gasteiger partial charge in [0.1, 0.15) is 23.6 Å². The summed E-state index contributed by atoms with van der Waals surface area (Å²) in [6, 6.07) is 6.84. The molecule has 3 fully saturated rings. The van der Waals surface area contributed by atoms with Crippen molar-refractivity contribution >= 4 is 29.3 Å². The number of nitrogens with zero attached hydrogens (tertiary/aromatic N) is 3. The van der Waals surface area contributed by atoms with E-state index in [1.54, 1.807) is 12.1 Å². The fourth-order valence-electron chi connectivity index (χ4n) is 5.08. The molecule has 4 rings (SSSR count). The molecular formula is C26H32FN5O4. The molecule has 0 unspecified atom stereocenters. The molecule has 2 heterocycles. The number of hydrogen-bond donors (Lipinski definition) is 2. The van der Waals surface area contributed by atoms with Gasteiger partial charge in [-0.15, -0.1) is 0 Å². The molecule has 1 aromatic rings. The molecule has 3 aliphatic rings. The molecule has 192 valence electrons. The number of hydrogen-bond acceptors (Lipinski definition) is 6. The van der Waals surface area contributed by atoms with Crippen molar-refractivity contribution in [2.24, 2.45) is 0 Å². The molecule has 2 saturated heterocycles. The van der Waals surface area contributed by atoms with Crippen LogP contribution in [0, 0.1) is 17.1 Å². The Morgan fingerprint density at radius 3 is 2.56 bits per heavy atom. The molecule has 0 radical (unpaired) electrons. The van der Waals surface area contributed by atoms with Crippen molar-refractivity contribution in [3.05, 3.63) is 35.2 Å². The monoisotopic (exact) mass is 497 g/mol. The third-order valence-electron chi connectivity index (χ3n) is 7.04. The predicted molar refractivity (Wildman–Crippen MR) is 132 cm³/mol. The van der Waals surface area contributed by atoms with E-state index in [2.05, 4.69) is 16.7 Å². The summed E-state index contributed by atoms with van der Waals surface area (Å²) in [4.78, 5) is 39.3. The predicted octanol–water partition coefficient (Wildman–Crippen LogP) is 3.16. The van der Waals surface area contributed by atoms with E-state index in [1.165, 1.54) is 24.3 Å². The Kier molecular flexibility index (Phi) is 8.08. The van der Waals surface area contributed by atoms with Crippen molar-refractivity contribution in [1.82, 2.24) is 10.6 Å². The molecule has 0 bridgehead atoms. The number of amides is 3. The summed E-state index contributed by atoms with van der Waals surface area (Å²) >= 11 is 0. The molecule has 0 spiro atoms. The van der Waals surface area contributed by atoms with Gasteiger partial charge in [-0.25, -0.2) is 9.18 Å². The molecule has 9 nitrogen and oxygen atoms in total. The van der Waals surface area contributed by atoms with E-state index < -0.39 is 18.0 Å². The van der Waals surface area contributed by atoms with Crippen LogP contribution < -0.4 is 20.4 Å². The van der Waals surface area contributed by atoms with Crippen LogP contribution in [-0.4, -0.2) is 56.2 Å². The largest absolute Gasteiger partial charge is 0.442 e. The maximum absolute atomic E-state index is 15.1. The lowest BCUT2D eigenvalue weighted by atomic mass is 9.94. The van der Waals surface area contributed by atoms with Crippen LogP contribution in [0.2, 0.25) is 0 Å². The van der Waals surface area contributed by atoms with Gasteiger partial charge in [0.05, 0.1) is 24.5 Å². The first kappa shape index (κ1) is 25.5. The van der Waals surface area contributed by atoms with Gasteiger partial charge in [-0.3, -0.25) is 14.5 Å². The van der Waals surface area contributed by atoms with Crippen LogP contribution in [-0.2, 0) is 14.3 Å². The van der Waals surface area contributed by atoms with Gasteiger partial charge in [-0.05, 0) is 49.5 Å². The highest BCUT2D eigenvalue weighted by Crippen LogP contribution is 2.31. The van der Waals surface area contributed by atoms with Crippen LogP contribution >= 0.6 is 0 Å². The number of nitriles is 1. The average Bonchev–Trinajstić information content (AvgIpc) is 3.25. The third-order valence-corrected chi connectivity index (χ3v) is 7.04. The number of nitrogens with one attached hydrogen (secondary N) is 2. The summed E-state index contributed by atoms with van der Waals surface area (Å²) in [5.41, 5.74) is 1.79. The molecule has 1 aromatic carbocycles. The first-order valence-corrected chi connectivity index (χ1v) is 12.6. The quantitative estimate of drug-likeness (QED) is 0.461. The number of piperidine rings is 1. The lowest BCUT2D eigenvalue weighted by molar-refractivity contribution is -0.119. The summed E-state index contributed by atoms with van der Waals surface area (Å²) < 4.78 is 20.3. The van der Waals surface area contributed by atoms with Gasteiger partial charge >= 0.3 is 6.09 Å². The number of carbonyl (C=O) groups is 3. The maximum atomic E-state index is 15.1. The van der Waals surface area contributed by atoms with Crippen LogP contribution in [0.5, 0.6) is 0 Å². The molecule has 0 aromatic heterocycles. The van der Waals surface area contributed by atoms with Gasteiger partial charge in [0, 0.05) is 26.1 Å². The highest BCUT2D eigenvalue weighted by Gasteiger charge is 2.33. The minimum atomic E-state index is -0.583. The van der Waals surface area contributed by atoms with Crippen molar-refractivity contribution in [3.8, 4) is 6.07 Å². The van der Waals surface area contributed by atoms with Gasteiger partial charge in [0.15, 0.2) is 0 Å². The summed E-state index contributed by atoms with van der Waals surface area (Å²) in [5.74, 6) is -0.975. The van der Waals surface area contributed by atoms with Crippen molar-refractivity contribution in [3.63, 3.8) is 0 Å². The summed E-state index contributed by atoms with van der Waals surface area (Å²) in [6.45, 7) is 2.77. The zero-order valence-electron chi connectivity index (χ0n) is 20.5. The zero-order chi connectivity index (χ0) is 25.7. The molecule has 1 atom stereocenters. The number of benzene rings is 1. The van der Waals surface area contributed by atoms with Crippen molar-refractivity contribution in [1.29, 1.82) is 5.26 Å². The van der Waals surface area contributed by atoms with Crippen molar-refractivity contribution in [2.45, 2.75) is 64.0 Å². The SMILES string of the molecule is CC(=O)NC[C@H]1CN(c2ccc(N3CCC(=C(C#N)C(=O)NC4CCCCC4)CC3)c(F)c2)C(=O)O1. The van der Waals surface area contributed by atoms with Crippen LogP contribution in [0.25, 0.3) is 0 Å². The highest BCUT2D eigenvalue weighted by molar-refractivity contribution is 5.98. The minimum absolute atomic E-state index is 0.136. The molecule has 1 aliphatic carbocycles. The first-order valence-electron chi connectivity index (χ1n) is 12.6. The lowest BCUT2D eigenvalue weighted by Gasteiger charge is -2.31. The van der Waals surface area contributed by atoms with E-state index in [1.807, 2.05) is 4.90 Å². The van der Waals surface area contributed by atoms with Gasteiger partial charge in [-0.2, -0.15) is 5.26 Å². The number of anilines is 2. The second-order valence-corrected chi connectivity index (χ2v) is 9.57. The van der Waals surface area contributed by atoms with Crippen LogP contribution in [0.1, 0.15) is 51.9 Å². The topological polar surface area (TPSA) is 115 Å². The van der Waals surface area contributed by atoms with E-state index in [0.717, 1.165) is 31.3 Å². The summed E-state index contributed by atoms with van der Waals surface area (Å²) in [7, 11) is 0. The number of halogens is 1. The van der Waals surface area contributed by atoms with Crippen LogP contribution in [0.4, 0.5) is 20.6 Å². The van der Waals surface area contributed by atoms with Crippen molar-refractivity contribution < 1.29 is 23.5 Å². The van der Waals surface area contributed by atoms with E-state index in [9.17, 15) is 19.6 Å². The molecule has 2 aliphatic heterocycles. The highest BCUT2D eigenvalue weighted by atomic mass is 19.1. The molecule has 10 heteroatoms. The Hall–Kier alpha value is -3.61. The number of cyclic esters (lactones) is 1. The Morgan fingerprint density at radius 1 is 1.19 bits per heavy atom. The zero-order valence-corrected chi connectivity index (χ0v) is 20.5. The first-order chi connectivity index (χ1) is 17.4. The molecule has 36 heavy (non-hydrogen) atoms. The Morgan fingerprint density at radius 2 is 1.92 bits per heavy atom. The lowest BCUT2D eigenvalue weighted by Crippen LogP contribution is -2.38.